The Morgan fingerprint density at radius 3 is 2.30 bits per heavy atom. The van der Waals surface area contributed by atoms with Crippen LogP contribution >= 0.6 is 0 Å². The first-order valence-corrected chi connectivity index (χ1v) is 7.22. The topological polar surface area (TPSA) is 45.5 Å². The summed E-state index contributed by atoms with van der Waals surface area (Å²) in [6, 6.07) is 12.3. The van der Waals surface area contributed by atoms with Crippen molar-refractivity contribution in [2.45, 2.75) is 33.0 Å². The van der Waals surface area contributed by atoms with E-state index in [1.54, 1.807) is 0 Å². The van der Waals surface area contributed by atoms with Crippen LogP contribution in [0.3, 0.4) is 0 Å². The predicted molar refractivity (Wildman–Crippen MR) is 80.5 cm³/mol. The lowest BCUT2D eigenvalue weighted by Gasteiger charge is -2.26. The van der Waals surface area contributed by atoms with Gasteiger partial charge in [0.05, 0.1) is 12.5 Å². The highest BCUT2D eigenvalue weighted by molar-refractivity contribution is 5.45. The van der Waals surface area contributed by atoms with Gasteiger partial charge in [-0.3, -0.25) is 0 Å². The summed E-state index contributed by atoms with van der Waals surface area (Å²) < 4.78 is 11.1. The Bertz CT molecular complexity index is 383. The number of anilines is 1. The molecule has 0 spiro atoms. The molecule has 0 unspecified atom stereocenters. The monoisotopic (exact) mass is 276 g/mol. The van der Waals surface area contributed by atoms with Crippen molar-refractivity contribution in [3.05, 3.63) is 30.3 Å². The lowest BCUT2D eigenvalue weighted by molar-refractivity contribution is -0.138. The average molecular weight is 276 g/mol. The van der Waals surface area contributed by atoms with Crippen molar-refractivity contribution >= 4 is 5.69 Å². The van der Waals surface area contributed by atoms with Crippen molar-refractivity contribution in [1.29, 1.82) is 5.26 Å². The summed E-state index contributed by atoms with van der Waals surface area (Å²) in [6.45, 7) is 6.78. The minimum Gasteiger partial charge on any atom is -0.370 e. The number of para-hydroxylation sites is 1. The Morgan fingerprint density at radius 1 is 1.10 bits per heavy atom. The molecule has 0 saturated heterocycles. The van der Waals surface area contributed by atoms with Crippen LogP contribution < -0.4 is 4.90 Å². The summed E-state index contributed by atoms with van der Waals surface area (Å²) in [7, 11) is 0. The number of nitrogens with zero attached hydrogens (tertiary/aromatic N) is 2. The van der Waals surface area contributed by atoms with Crippen LogP contribution in [-0.4, -0.2) is 32.6 Å². The zero-order valence-corrected chi connectivity index (χ0v) is 12.4. The molecule has 0 radical (unpaired) electrons. The van der Waals surface area contributed by atoms with E-state index in [1.807, 2.05) is 32.0 Å². The van der Waals surface area contributed by atoms with E-state index < -0.39 is 0 Å². The maximum absolute atomic E-state index is 8.78. The third kappa shape index (κ3) is 6.05. The molecule has 0 fully saturated rings. The maximum Gasteiger partial charge on any atom is 0.159 e. The molecule has 0 N–H and O–H groups in total. The lowest BCUT2D eigenvalue weighted by Crippen LogP contribution is -2.30. The Labute approximate surface area is 121 Å². The van der Waals surface area contributed by atoms with Gasteiger partial charge in [0.1, 0.15) is 0 Å². The minimum atomic E-state index is -0.168. The van der Waals surface area contributed by atoms with Crippen LogP contribution in [0.5, 0.6) is 0 Å². The van der Waals surface area contributed by atoms with Gasteiger partial charge in [0.2, 0.25) is 0 Å². The first kappa shape index (κ1) is 16.5. The Hall–Kier alpha value is -1.57. The van der Waals surface area contributed by atoms with Crippen molar-refractivity contribution in [2.75, 3.05) is 31.2 Å². The standard InChI is InChI=1S/C16H24N2O2/c1-3-19-16(20-4-2)11-14-18(13-8-12-17)15-9-6-5-7-10-15/h5-7,9-10,16H,3-4,8,11,13-14H2,1-2H3. The number of ether oxygens (including phenoxy) is 2. The fourth-order valence-corrected chi connectivity index (χ4v) is 2.04. The number of benzene rings is 1. The molecule has 0 heterocycles. The molecule has 0 aliphatic rings. The van der Waals surface area contributed by atoms with Gasteiger partial charge in [-0.2, -0.15) is 5.26 Å². The maximum atomic E-state index is 8.78. The zero-order chi connectivity index (χ0) is 14.6. The number of nitriles is 1. The number of rotatable bonds is 10. The second-order valence-corrected chi connectivity index (χ2v) is 4.36. The van der Waals surface area contributed by atoms with Crippen molar-refractivity contribution < 1.29 is 9.47 Å². The first-order valence-electron chi connectivity index (χ1n) is 7.22. The van der Waals surface area contributed by atoms with E-state index in [0.717, 1.165) is 25.2 Å². The van der Waals surface area contributed by atoms with Gasteiger partial charge in [0, 0.05) is 38.4 Å². The van der Waals surface area contributed by atoms with Gasteiger partial charge in [-0.1, -0.05) is 18.2 Å². The molecule has 20 heavy (non-hydrogen) atoms. The fourth-order valence-electron chi connectivity index (χ4n) is 2.04. The average Bonchev–Trinajstić information content (AvgIpc) is 2.48. The van der Waals surface area contributed by atoms with Gasteiger partial charge in [-0.25, -0.2) is 0 Å². The summed E-state index contributed by atoms with van der Waals surface area (Å²) in [6.07, 6.45) is 1.14. The number of hydrogen-bond donors (Lipinski definition) is 0. The Kier molecular flexibility index (Phi) is 8.44. The molecule has 0 amide bonds. The van der Waals surface area contributed by atoms with Crippen molar-refractivity contribution in [3.8, 4) is 6.07 Å². The Morgan fingerprint density at radius 2 is 1.75 bits per heavy atom. The third-order valence-corrected chi connectivity index (χ3v) is 2.95. The molecule has 0 bridgehead atoms. The van der Waals surface area contributed by atoms with Gasteiger partial charge in [-0.15, -0.1) is 0 Å². The third-order valence-electron chi connectivity index (χ3n) is 2.95. The van der Waals surface area contributed by atoms with E-state index in [4.69, 9.17) is 14.7 Å². The predicted octanol–water partition coefficient (Wildman–Crippen LogP) is 3.20. The molecule has 1 aromatic carbocycles. The number of hydrogen-bond acceptors (Lipinski definition) is 4. The molecule has 110 valence electrons. The molecule has 1 aromatic rings. The van der Waals surface area contributed by atoms with Crippen LogP contribution in [0.2, 0.25) is 0 Å². The molecule has 0 aliphatic carbocycles. The van der Waals surface area contributed by atoms with Crippen LogP contribution in [0.4, 0.5) is 5.69 Å². The van der Waals surface area contributed by atoms with Gasteiger partial charge in [-0.05, 0) is 26.0 Å². The molecule has 0 saturated carbocycles. The molecule has 4 nitrogen and oxygen atoms in total. The van der Waals surface area contributed by atoms with Crippen LogP contribution in [0, 0.1) is 11.3 Å². The van der Waals surface area contributed by atoms with Crippen LogP contribution in [0.1, 0.15) is 26.7 Å². The minimum absolute atomic E-state index is 0.168. The molecular weight excluding hydrogens is 252 g/mol. The normalized spacial score (nSPS) is 10.5. The first-order chi connectivity index (χ1) is 9.81. The Balaban J connectivity index is 2.58. The van der Waals surface area contributed by atoms with Crippen molar-refractivity contribution in [3.63, 3.8) is 0 Å². The van der Waals surface area contributed by atoms with Crippen LogP contribution in [-0.2, 0) is 9.47 Å². The van der Waals surface area contributed by atoms with E-state index in [1.165, 1.54) is 0 Å². The largest absolute Gasteiger partial charge is 0.370 e. The van der Waals surface area contributed by atoms with Crippen LogP contribution in [0.15, 0.2) is 30.3 Å². The SMILES string of the molecule is CCOC(CCN(CCC#N)c1ccccc1)OCC. The van der Waals surface area contributed by atoms with E-state index in [2.05, 4.69) is 23.1 Å². The van der Waals surface area contributed by atoms with E-state index in [-0.39, 0.29) is 6.29 Å². The highest BCUT2D eigenvalue weighted by atomic mass is 16.7. The summed E-state index contributed by atoms with van der Waals surface area (Å²) in [5, 5.41) is 8.78. The van der Waals surface area contributed by atoms with E-state index in [9.17, 15) is 0 Å². The van der Waals surface area contributed by atoms with E-state index >= 15 is 0 Å². The highest BCUT2D eigenvalue weighted by Gasteiger charge is 2.12. The van der Waals surface area contributed by atoms with Gasteiger partial charge in [0.15, 0.2) is 6.29 Å². The summed E-state index contributed by atoms with van der Waals surface area (Å²) >= 11 is 0. The lowest BCUT2D eigenvalue weighted by atomic mass is 10.2. The van der Waals surface area contributed by atoms with Crippen molar-refractivity contribution in [2.24, 2.45) is 0 Å². The van der Waals surface area contributed by atoms with Gasteiger partial charge < -0.3 is 14.4 Å². The second kappa shape index (κ2) is 10.2. The summed E-state index contributed by atoms with van der Waals surface area (Å²) in [4.78, 5) is 2.20. The molecule has 1 rings (SSSR count). The van der Waals surface area contributed by atoms with Crippen molar-refractivity contribution in [1.82, 2.24) is 0 Å². The quantitative estimate of drug-likeness (QED) is 0.616. The molecule has 0 aromatic heterocycles. The highest BCUT2D eigenvalue weighted by Crippen LogP contribution is 2.15. The van der Waals surface area contributed by atoms with Gasteiger partial charge >= 0.3 is 0 Å². The fraction of sp³-hybridized carbons (Fsp3) is 0.562. The molecule has 4 heteroatoms. The van der Waals surface area contributed by atoms with E-state index in [0.29, 0.717) is 19.6 Å². The summed E-state index contributed by atoms with van der Waals surface area (Å²) in [5.74, 6) is 0. The molecular formula is C16H24N2O2. The second-order valence-electron chi connectivity index (χ2n) is 4.36. The zero-order valence-electron chi connectivity index (χ0n) is 12.4. The molecule has 0 atom stereocenters. The molecule has 0 aliphatic heterocycles. The smallest absolute Gasteiger partial charge is 0.159 e. The summed E-state index contributed by atoms with van der Waals surface area (Å²) in [5.41, 5.74) is 1.13. The van der Waals surface area contributed by atoms with Gasteiger partial charge in [0.25, 0.3) is 0 Å². The van der Waals surface area contributed by atoms with Crippen LogP contribution in [0.25, 0.3) is 0 Å².